The molecule has 1 heterocycles. The number of hydrogen-bond acceptors (Lipinski definition) is 2. The molecule has 2 bridgehead atoms. The Morgan fingerprint density at radius 2 is 1.79 bits per heavy atom. The fourth-order valence-corrected chi connectivity index (χ4v) is 4.84. The van der Waals surface area contributed by atoms with Gasteiger partial charge in [0.15, 0.2) is 5.79 Å². The quantitative estimate of drug-likeness (QED) is 0.588. The molecule has 78 valence electrons. The smallest absolute Gasteiger partial charge is 0.171 e. The molecule has 2 unspecified atom stereocenters. The van der Waals surface area contributed by atoms with E-state index >= 15 is 0 Å². The van der Waals surface area contributed by atoms with Gasteiger partial charge >= 0.3 is 0 Å². The lowest BCUT2D eigenvalue weighted by Crippen LogP contribution is -2.42. The van der Waals surface area contributed by atoms with Crippen LogP contribution in [0.1, 0.15) is 32.1 Å². The molecule has 0 aromatic heterocycles. The topological polar surface area (TPSA) is 18.5 Å². The van der Waals surface area contributed by atoms with Crippen molar-refractivity contribution in [2.24, 2.45) is 23.7 Å². The Hall–Kier alpha value is -0.0800. The molecule has 2 nitrogen and oxygen atoms in total. The standard InChI is InChI=1S/C12H18O2/c1-2-9-8-6-11(10(9)3-1)12(7-8)13-4-5-14-12/h8-11H,1-7H2/t8-,9+,10?,11?/m1/s1. The highest BCUT2D eigenvalue weighted by atomic mass is 16.7. The Kier molecular flexibility index (Phi) is 1.47. The van der Waals surface area contributed by atoms with Crippen molar-refractivity contribution in [3.63, 3.8) is 0 Å². The summed E-state index contributed by atoms with van der Waals surface area (Å²) in [5.41, 5.74) is 0. The van der Waals surface area contributed by atoms with Crippen LogP contribution < -0.4 is 0 Å². The Morgan fingerprint density at radius 3 is 2.64 bits per heavy atom. The first-order chi connectivity index (χ1) is 6.89. The summed E-state index contributed by atoms with van der Waals surface area (Å²) >= 11 is 0. The van der Waals surface area contributed by atoms with Gasteiger partial charge in [-0.1, -0.05) is 6.42 Å². The fourth-order valence-electron chi connectivity index (χ4n) is 4.84. The molecule has 0 aromatic carbocycles. The highest BCUT2D eigenvalue weighted by molar-refractivity contribution is 5.08. The third-order valence-electron chi connectivity index (χ3n) is 5.19. The Bertz CT molecular complexity index is 257. The molecule has 2 heteroatoms. The highest BCUT2D eigenvalue weighted by Crippen LogP contribution is 2.64. The van der Waals surface area contributed by atoms with E-state index in [1.54, 1.807) is 0 Å². The van der Waals surface area contributed by atoms with Crippen molar-refractivity contribution in [2.45, 2.75) is 37.9 Å². The Balaban J connectivity index is 1.69. The van der Waals surface area contributed by atoms with Gasteiger partial charge in [0, 0.05) is 12.3 Å². The molecule has 4 aliphatic rings. The molecule has 4 rings (SSSR count). The zero-order chi connectivity index (χ0) is 9.17. The molecular weight excluding hydrogens is 176 g/mol. The fraction of sp³-hybridized carbons (Fsp3) is 1.00. The summed E-state index contributed by atoms with van der Waals surface area (Å²) in [5, 5.41) is 0. The van der Waals surface area contributed by atoms with Gasteiger partial charge < -0.3 is 9.47 Å². The van der Waals surface area contributed by atoms with Crippen molar-refractivity contribution < 1.29 is 9.47 Å². The van der Waals surface area contributed by atoms with Crippen LogP contribution in [0.3, 0.4) is 0 Å². The van der Waals surface area contributed by atoms with Crippen molar-refractivity contribution in [1.82, 2.24) is 0 Å². The van der Waals surface area contributed by atoms with Crippen LogP contribution in [0.5, 0.6) is 0 Å². The third kappa shape index (κ3) is 0.809. The van der Waals surface area contributed by atoms with E-state index in [9.17, 15) is 0 Å². The predicted molar refractivity (Wildman–Crippen MR) is 51.7 cm³/mol. The Labute approximate surface area is 85.0 Å². The lowest BCUT2D eigenvalue weighted by atomic mass is 9.78. The molecule has 0 N–H and O–H groups in total. The minimum atomic E-state index is -0.101. The first-order valence-corrected chi connectivity index (χ1v) is 6.17. The second-order valence-corrected chi connectivity index (χ2v) is 5.57. The molecule has 4 atom stereocenters. The van der Waals surface area contributed by atoms with E-state index in [0.717, 1.165) is 36.9 Å². The van der Waals surface area contributed by atoms with Crippen molar-refractivity contribution in [2.75, 3.05) is 13.2 Å². The average molecular weight is 194 g/mol. The minimum Gasteiger partial charge on any atom is -0.347 e. The molecular formula is C12H18O2. The van der Waals surface area contributed by atoms with E-state index in [4.69, 9.17) is 9.47 Å². The van der Waals surface area contributed by atoms with Crippen LogP contribution >= 0.6 is 0 Å². The van der Waals surface area contributed by atoms with Gasteiger partial charge in [-0.05, 0) is 37.0 Å². The monoisotopic (exact) mass is 194 g/mol. The molecule has 14 heavy (non-hydrogen) atoms. The summed E-state index contributed by atoms with van der Waals surface area (Å²) in [7, 11) is 0. The SMILES string of the molecule is C1CC2C3C[C@H](CC34OCCO4)[C@@H]2C1. The number of rotatable bonds is 0. The van der Waals surface area contributed by atoms with Crippen LogP contribution in [-0.4, -0.2) is 19.0 Å². The van der Waals surface area contributed by atoms with E-state index in [1.807, 2.05) is 0 Å². The third-order valence-corrected chi connectivity index (χ3v) is 5.19. The van der Waals surface area contributed by atoms with Crippen LogP contribution in [0.2, 0.25) is 0 Å². The normalized spacial score (nSPS) is 53.1. The molecule has 1 aliphatic heterocycles. The summed E-state index contributed by atoms with van der Waals surface area (Å²) in [5.74, 6) is 3.58. The molecule has 3 aliphatic carbocycles. The molecule has 0 aromatic rings. The van der Waals surface area contributed by atoms with Gasteiger partial charge in [0.2, 0.25) is 0 Å². The van der Waals surface area contributed by atoms with Gasteiger partial charge in [-0.25, -0.2) is 0 Å². The maximum atomic E-state index is 5.92. The predicted octanol–water partition coefficient (Wildman–Crippen LogP) is 2.19. The zero-order valence-corrected chi connectivity index (χ0v) is 8.58. The van der Waals surface area contributed by atoms with E-state index in [-0.39, 0.29) is 5.79 Å². The van der Waals surface area contributed by atoms with Gasteiger partial charge in [0.25, 0.3) is 0 Å². The molecule has 4 fully saturated rings. The van der Waals surface area contributed by atoms with E-state index in [0.29, 0.717) is 0 Å². The van der Waals surface area contributed by atoms with E-state index in [1.165, 1.54) is 32.1 Å². The van der Waals surface area contributed by atoms with Gasteiger partial charge in [-0.15, -0.1) is 0 Å². The van der Waals surface area contributed by atoms with Crippen molar-refractivity contribution in [3.8, 4) is 0 Å². The Morgan fingerprint density at radius 1 is 1.00 bits per heavy atom. The maximum absolute atomic E-state index is 5.92. The summed E-state index contributed by atoms with van der Waals surface area (Å²) < 4.78 is 11.8. The molecule has 1 spiro atoms. The van der Waals surface area contributed by atoms with Gasteiger partial charge in [-0.2, -0.15) is 0 Å². The summed E-state index contributed by atoms with van der Waals surface area (Å²) in [6.07, 6.45) is 6.99. The molecule has 3 saturated carbocycles. The maximum Gasteiger partial charge on any atom is 0.171 e. The van der Waals surface area contributed by atoms with Gasteiger partial charge in [0.05, 0.1) is 13.2 Å². The van der Waals surface area contributed by atoms with E-state index in [2.05, 4.69) is 0 Å². The largest absolute Gasteiger partial charge is 0.347 e. The molecule has 0 amide bonds. The molecule has 0 radical (unpaired) electrons. The first-order valence-electron chi connectivity index (χ1n) is 6.17. The zero-order valence-electron chi connectivity index (χ0n) is 8.58. The van der Waals surface area contributed by atoms with Crippen LogP contribution in [0, 0.1) is 23.7 Å². The van der Waals surface area contributed by atoms with Crippen LogP contribution in [-0.2, 0) is 9.47 Å². The van der Waals surface area contributed by atoms with E-state index < -0.39 is 0 Å². The van der Waals surface area contributed by atoms with Crippen LogP contribution in [0.25, 0.3) is 0 Å². The summed E-state index contributed by atoms with van der Waals surface area (Å²) in [4.78, 5) is 0. The van der Waals surface area contributed by atoms with Gasteiger partial charge in [0.1, 0.15) is 0 Å². The summed E-state index contributed by atoms with van der Waals surface area (Å²) in [6, 6.07) is 0. The number of hydrogen-bond donors (Lipinski definition) is 0. The van der Waals surface area contributed by atoms with Gasteiger partial charge in [-0.3, -0.25) is 0 Å². The van der Waals surface area contributed by atoms with Crippen LogP contribution in [0.4, 0.5) is 0 Å². The second kappa shape index (κ2) is 2.53. The van der Waals surface area contributed by atoms with Crippen molar-refractivity contribution in [3.05, 3.63) is 0 Å². The van der Waals surface area contributed by atoms with Crippen molar-refractivity contribution >= 4 is 0 Å². The number of ether oxygens (including phenoxy) is 2. The lowest BCUT2D eigenvalue weighted by Gasteiger charge is -2.38. The van der Waals surface area contributed by atoms with Crippen molar-refractivity contribution in [1.29, 1.82) is 0 Å². The average Bonchev–Trinajstić information content (AvgIpc) is 2.88. The highest BCUT2D eigenvalue weighted by Gasteiger charge is 2.63. The van der Waals surface area contributed by atoms with Crippen LogP contribution in [0.15, 0.2) is 0 Å². The summed E-state index contributed by atoms with van der Waals surface area (Å²) in [6.45, 7) is 1.67. The molecule has 1 saturated heterocycles. The second-order valence-electron chi connectivity index (χ2n) is 5.57. The lowest BCUT2D eigenvalue weighted by molar-refractivity contribution is -0.206. The first kappa shape index (κ1) is 8.12. The minimum absolute atomic E-state index is 0.101. The number of fused-ring (bicyclic) bond motifs is 6.